The summed E-state index contributed by atoms with van der Waals surface area (Å²) in [6.45, 7) is 4.10. The predicted molar refractivity (Wildman–Crippen MR) is 91.2 cm³/mol. The summed E-state index contributed by atoms with van der Waals surface area (Å²) in [5, 5.41) is 2.23. The molecule has 0 radical (unpaired) electrons. The van der Waals surface area contributed by atoms with Crippen LogP contribution in [0.3, 0.4) is 0 Å². The Bertz CT molecular complexity index is 828. The molecule has 114 valence electrons. The van der Waals surface area contributed by atoms with Crippen LogP contribution in [0.1, 0.15) is 31.5 Å². The lowest BCUT2D eigenvalue weighted by Gasteiger charge is -2.22. The monoisotopic (exact) mass is 295 g/mol. The van der Waals surface area contributed by atoms with Crippen molar-refractivity contribution in [3.8, 4) is 0 Å². The number of hydrogen-bond acceptors (Lipinski definition) is 4. The summed E-state index contributed by atoms with van der Waals surface area (Å²) >= 11 is 0. The molecule has 1 aromatic carbocycles. The van der Waals surface area contributed by atoms with Gasteiger partial charge in [-0.3, -0.25) is 0 Å². The molecule has 4 rings (SSSR count). The van der Waals surface area contributed by atoms with Crippen LogP contribution >= 0.6 is 0 Å². The molecule has 1 aliphatic rings. The fraction of sp³-hybridized carbons (Fsp3) is 0.412. The Balaban J connectivity index is 1.98. The van der Waals surface area contributed by atoms with Crippen LogP contribution < -0.4 is 10.6 Å². The maximum absolute atomic E-state index is 5.99. The highest BCUT2D eigenvalue weighted by Gasteiger charge is 2.19. The molecule has 2 aromatic heterocycles. The Labute approximate surface area is 129 Å². The largest absolute Gasteiger partial charge is 0.399 e. The van der Waals surface area contributed by atoms with Crippen molar-refractivity contribution >= 4 is 33.4 Å². The number of fused-ring (bicyclic) bond motifs is 3. The first-order valence-electron chi connectivity index (χ1n) is 8.03. The van der Waals surface area contributed by atoms with E-state index in [2.05, 4.69) is 14.9 Å². The highest BCUT2D eigenvalue weighted by atomic mass is 15.2. The molecule has 0 atom stereocenters. The number of aryl methyl sites for hydroxylation is 1. The third-order valence-corrected chi connectivity index (χ3v) is 4.47. The molecule has 0 unspecified atom stereocenters. The summed E-state index contributed by atoms with van der Waals surface area (Å²) in [6.07, 6.45) is 5.08. The van der Waals surface area contributed by atoms with Crippen LogP contribution in [0.25, 0.3) is 21.9 Å². The van der Waals surface area contributed by atoms with Gasteiger partial charge in [0.15, 0.2) is 0 Å². The number of aromatic nitrogens is 3. The number of nitrogen functional groups attached to an aromatic ring is 1. The number of benzene rings is 1. The maximum atomic E-state index is 5.99. The van der Waals surface area contributed by atoms with Crippen LogP contribution in [0, 0.1) is 6.92 Å². The molecule has 22 heavy (non-hydrogen) atoms. The number of rotatable bonds is 1. The molecule has 3 aromatic rings. The van der Waals surface area contributed by atoms with Crippen molar-refractivity contribution in [2.45, 2.75) is 32.6 Å². The summed E-state index contributed by atoms with van der Waals surface area (Å²) in [5.74, 6) is 1.87. The van der Waals surface area contributed by atoms with E-state index in [1.54, 1.807) is 0 Å². The van der Waals surface area contributed by atoms with E-state index in [0.717, 1.165) is 52.4 Å². The third-order valence-electron chi connectivity index (χ3n) is 4.47. The molecule has 5 heteroatoms. The van der Waals surface area contributed by atoms with Crippen LogP contribution in [0.4, 0.5) is 11.5 Å². The van der Waals surface area contributed by atoms with E-state index in [1.165, 1.54) is 25.7 Å². The highest BCUT2D eigenvalue weighted by molar-refractivity contribution is 6.12. The zero-order valence-electron chi connectivity index (χ0n) is 12.9. The first kappa shape index (κ1) is 13.4. The minimum atomic E-state index is 0.774. The highest BCUT2D eigenvalue weighted by Crippen LogP contribution is 2.33. The SMILES string of the molecule is Cc1nc(N2CCCCCC2)c2c(n1)[nH]c1ccc(N)cc12. The van der Waals surface area contributed by atoms with Gasteiger partial charge in [0.1, 0.15) is 17.3 Å². The average molecular weight is 295 g/mol. The normalized spacial score (nSPS) is 16.3. The van der Waals surface area contributed by atoms with E-state index in [-0.39, 0.29) is 0 Å². The lowest BCUT2D eigenvalue weighted by atomic mass is 10.1. The van der Waals surface area contributed by atoms with Crippen molar-refractivity contribution in [3.05, 3.63) is 24.0 Å². The van der Waals surface area contributed by atoms with Crippen molar-refractivity contribution in [1.82, 2.24) is 15.0 Å². The summed E-state index contributed by atoms with van der Waals surface area (Å²) in [5.41, 5.74) is 8.74. The fourth-order valence-electron chi connectivity index (χ4n) is 3.41. The zero-order valence-corrected chi connectivity index (χ0v) is 12.9. The Kier molecular flexibility index (Phi) is 3.13. The van der Waals surface area contributed by atoms with Crippen LogP contribution in [-0.4, -0.2) is 28.0 Å². The second-order valence-electron chi connectivity index (χ2n) is 6.15. The van der Waals surface area contributed by atoms with E-state index in [9.17, 15) is 0 Å². The van der Waals surface area contributed by atoms with Gasteiger partial charge >= 0.3 is 0 Å². The molecule has 0 amide bonds. The molecule has 0 spiro atoms. The summed E-state index contributed by atoms with van der Waals surface area (Å²) in [7, 11) is 0. The van der Waals surface area contributed by atoms with Crippen LogP contribution in [0.2, 0.25) is 0 Å². The number of H-pyrrole nitrogens is 1. The van der Waals surface area contributed by atoms with Gasteiger partial charge in [-0.1, -0.05) is 12.8 Å². The molecule has 1 aliphatic heterocycles. The summed E-state index contributed by atoms with van der Waals surface area (Å²) in [6, 6.07) is 5.96. The molecular formula is C17H21N5. The van der Waals surface area contributed by atoms with Crippen molar-refractivity contribution in [2.24, 2.45) is 0 Å². The fourth-order valence-corrected chi connectivity index (χ4v) is 3.41. The lowest BCUT2D eigenvalue weighted by molar-refractivity contribution is 0.726. The number of hydrogen-bond donors (Lipinski definition) is 2. The van der Waals surface area contributed by atoms with Gasteiger partial charge in [0.2, 0.25) is 0 Å². The van der Waals surface area contributed by atoms with Crippen LogP contribution in [-0.2, 0) is 0 Å². The first-order valence-corrected chi connectivity index (χ1v) is 8.03. The van der Waals surface area contributed by atoms with Gasteiger partial charge in [0.05, 0.1) is 5.39 Å². The Morgan fingerprint density at radius 1 is 1.09 bits per heavy atom. The molecule has 0 saturated carbocycles. The van der Waals surface area contributed by atoms with E-state index in [1.807, 2.05) is 25.1 Å². The summed E-state index contributed by atoms with van der Waals surface area (Å²) < 4.78 is 0. The topological polar surface area (TPSA) is 70.8 Å². The van der Waals surface area contributed by atoms with Gasteiger partial charge in [-0.2, -0.15) is 0 Å². The minimum Gasteiger partial charge on any atom is -0.399 e. The van der Waals surface area contributed by atoms with E-state index >= 15 is 0 Å². The van der Waals surface area contributed by atoms with Gasteiger partial charge < -0.3 is 15.6 Å². The van der Waals surface area contributed by atoms with Crippen LogP contribution in [0.5, 0.6) is 0 Å². The van der Waals surface area contributed by atoms with E-state index in [0.29, 0.717) is 0 Å². The van der Waals surface area contributed by atoms with Gasteiger partial charge in [-0.15, -0.1) is 0 Å². The molecule has 5 nitrogen and oxygen atoms in total. The average Bonchev–Trinajstić information content (AvgIpc) is 2.69. The smallest absolute Gasteiger partial charge is 0.144 e. The quantitative estimate of drug-likeness (QED) is 0.675. The Morgan fingerprint density at radius 2 is 1.86 bits per heavy atom. The molecule has 0 aliphatic carbocycles. The van der Waals surface area contributed by atoms with Crippen molar-refractivity contribution in [1.29, 1.82) is 0 Å². The van der Waals surface area contributed by atoms with E-state index in [4.69, 9.17) is 10.7 Å². The molecule has 1 saturated heterocycles. The van der Waals surface area contributed by atoms with Crippen molar-refractivity contribution in [3.63, 3.8) is 0 Å². The number of anilines is 2. The van der Waals surface area contributed by atoms with Crippen LogP contribution in [0.15, 0.2) is 18.2 Å². The number of nitrogens with two attached hydrogens (primary N) is 1. The molecule has 3 N–H and O–H groups in total. The first-order chi connectivity index (χ1) is 10.7. The minimum absolute atomic E-state index is 0.774. The predicted octanol–water partition coefficient (Wildman–Crippen LogP) is 3.38. The molecule has 1 fully saturated rings. The van der Waals surface area contributed by atoms with Gasteiger partial charge in [0, 0.05) is 29.7 Å². The standard InChI is InChI=1S/C17H21N5/c1-11-19-16-15(13-10-12(18)6-7-14(13)21-16)17(20-11)22-8-4-2-3-5-9-22/h6-7,10H,2-5,8-9,18H2,1H3,(H,19,20,21). The van der Waals surface area contributed by atoms with E-state index < -0.39 is 0 Å². The molecule has 0 bridgehead atoms. The van der Waals surface area contributed by atoms with Gasteiger partial charge in [0.25, 0.3) is 0 Å². The second kappa shape index (κ2) is 5.16. The lowest BCUT2D eigenvalue weighted by Crippen LogP contribution is -2.25. The molecular weight excluding hydrogens is 274 g/mol. The van der Waals surface area contributed by atoms with Gasteiger partial charge in [-0.05, 0) is 38.0 Å². The van der Waals surface area contributed by atoms with Crippen molar-refractivity contribution < 1.29 is 0 Å². The molecule has 3 heterocycles. The number of aromatic amines is 1. The second-order valence-corrected chi connectivity index (χ2v) is 6.15. The van der Waals surface area contributed by atoms with Crippen molar-refractivity contribution in [2.75, 3.05) is 23.7 Å². The number of nitrogens with zero attached hydrogens (tertiary/aromatic N) is 3. The zero-order chi connectivity index (χ0) is 15.1. The maximum Gasteiger partial charge on any atom is 0.144 e. The Morgan fingerprint density at radius 3 is 2.64 bits per heavy atom. The Hall–Kier alpha value is -2.30. The third kappa shape index (κ3) is 2.17. The summed E-state index contributed by atoms with van der Waals surface area (Å²) in [4.78, 5) is 15.2. The number of nitrogens with one attached hydrogen (secondary N) is 1. The van der Waals surface area contributed by atoms with Gasteiger partial charge in [-0.25, -0.2) is 9.97 Å².